The largest absolute Gasteiger partial charge is 0.383 e. The molecule has 0 saturated carbocycles. The average molecular weight is 284 g/mol. The number of nitrogens with one attached hydrogen (secondary N) is 1. The van der Waals surface area contributed by atoms with Crippen molar-refractivity contribution in [1.29, 1.82) is 0 Å². The van der Waals surface area contributed by atoms with E-state index in [1.807, 2.05) is 0 Å². The third-order valence-electron chi connectivity index (χ3n) is 3.57. The molecule has 0 aliphatic carbocycles. The van der Waals surface area contributed by atoms with Gasteiger partial charge in [0.1, 0.15) is 5.01 Å². The van der Waals surface area contributed by atoms with Gasteiger partial charge in [-0.25, -0.2) is 4.98 Å². The van der Waals surface area contributed by atoms with Crippen LogP contribution in [0.2, 0.25) is 0 Å². The lowest BCUT2D eigenvalue weighted by Crippen LogP contribution is -2.43. The van der Waals surface area contributed by atoms with Gasteiger partial charge >= 0.3 is 0 Å². The first-order chi connectivity index (χ1) is 9.09. The Bertz CT molecular complexity index is 365. The Kier molecular flexibility index (Phi) is 6.97. The van der Waals surface area contributed by atoms with Gasteiger partial charge in [-0.1, -0.05) is 34.1 Å². The van der Waals surface area contributed by atoms with E-state index >= 15 is 0 Å². The van der Waals surface area contributed by atoms with Gasteiger partial charge in [0.2, 0.25) is 0 Å². The lowest BCUT2D eigenvalue weighted by atomic mass is 9.91. The first-order valence-electron chi connectivity index (χ1n) is 7.29. The van der Waals surface area contributed by atoms with E-state index in [0.29, 0.717) is 5.92 Å². The second kappa shape index (κ2) is 7.98. The van der Waals surface area contributed by atoms with Crippen molar-refractivity contribution in [2.75, 3.05) is 20.3 Å². The first kappa shape index (κ1) is 16.6. The summed E-state index contributed by atoms with van der Waals surface area (Å²) in [6.45, 7) is 10.5. The van der Waals surface area contributed by atoms with Gasteiger partial charge in [0, 0.05) is 19.0 Å². The molecule has 0 radical (unpaired) electrons. The van der Waals surface area contributed by atoms with Crippen molar-refractivity contribution in [2.24, 2.45) is 0 Å². The molecule has 0 amide bonds. The molecule has 3 nitrogen and oxygen atoms in total. The summed E-state index contributed by atoms with van der Waals surface area (Å²) in [7, 11) is 1.75. The Balaban J connectivity index is 2.92. The Hall–Kier alpha value is -0.450. The molecule has 1 atom stereocenters. The number of methoxy groups -OCH3 is 1. The van der Waals surface area contributed by atoms with E-state index in [2.05, 4.69) is 38.4 Å². The topological polar surface area (TPSA) is 34.1 Å². The summed E-state index contributed by atoms with van der Waals surface area (Å²) in [6, 6.07) is 0. The normalized spacial score (nSPS) is 14.8. The number of aromatic nitrogens is 1. The maximum Gasteiger partial charge on any atom is 0.113 e. The molecule has 1 N–H and O–H groups in total. The van der Waals surface area contributed by atoms with E-state index in [9.17, 15) is 0 Å². The number of thiazole rings is 1. The molecule has 1 aromatic rings. The maximum atomic E-state index is 5.16. The van der Waals surface area contributed by atoms with Gasteiger partial charge in [0.15, 0.2) is 0 Å². The van der Waals surface area contributed by atoms with Crippen LogP contribution in [0, 0.1) is 0 Å². The van der Waals surface area contributed by atoms with Crippen molar-refractivity contribution in [3.8, 4) is 0 Å². The van der Waals surface area contributed by atoms with Crippen LogP contribution in [0.4, 0.5) is 0 Å². The van der Waals surface area contributed by atoms with Crippen LogP contribution in [0.15, 0.2) is 5.38 Å². The van der Waals surface area contributed by atoms with Crippen LogP contribution in [0.3, 0.4) is 0 Å². The smallest absolute Gasteiger partial charge is 0.113 e. The minimum Gasteiger partial charge on any atom is -0.383 e. The molecule has 19 heavy (non-hydrogen) atoms. The zero-order valence-electron chi connectivity index (χ0n) is 13.0. The fourth-order valence-corrected chi connectivity index (χ4v) is 3.57. The molecule has 1 heterocycles. The van der Waals surface area contributed by atoms with E-state index in [1.165, 1.54) is 10.7 Å². The van der Waals surface area contributed by atoms with Crippen molar-refractivity contribution >= 4 is 11.3 Å². The molecule has 0 aromatic carbocycles. The van der Waals surface area contributed by atoms with Crippen LogP contribution in [-0.2, 0) is 10.3 Å². The fourth-order valence-electron chi connectivity index (χ4n) is 2.31. The minimum absolute atomic E-state index is 0.0189. The molecule has 0 fully saturated rings. The highest BCUT2D eigenvalue weighted by Gasteiger charge is 2.32. The van der Waals surface area contributed by atoms with E-state index in [-0.39, 0.29) is 5.54 Å². The predicted molar refractivity (Wildman–Crippen MR) is 83.0 cm³/mol. The predicted octanol–water partition coefficient (Wildman–Crippen LogP) is 3.91. The lowest BCUT2D eigenvalue weighted by molar-refractivity contribution is 0.178. The van der Waals surface area contributed by atoms with Crippen molar-refractivity contribution < 1.29 is 4.74 Å². The van der Waals surface area contributed by atoms with Crippen molar-refractivity contribution in [2.45, 2.75) is 58.4 Å². The molecular formula is C15H28N2OS. The highest BCUT2D eigenvalue weighted by molar-refractivity contribution is 7.09. The summed E-state index contributed by atoms with van der Waals surface area (Å²) in [6.07, 6.45) is 3.35. The second-order valence-electron chi connectivity index (χ2n) is 5.34. The summed E-state index contributed by atoms with van der Waals surface area (Å²) in [5, 5.41) is 7.12. The molecule has 110 valence electrons. The van der Waals surface area contributed by atoms with Gasteiger partial charge in [-0.3, -0.25) is 0 Å². The summed E-state index contributed by atoms with van der Waals surface area (Å²) < 4.78 is 5.16. The average Bonchev–Trinajstić information content (AvgIpc) is 2.88. The third-order valence-corrected chi connectivity index (χ3v) is 4.64. The van der Waals surface area contributed by atoms with E-state index in [1.54, 1.807) is 18.4 Å². The molecular weight excluding hydrogens is 256 g/mol. The third kappa shape index (κ3) is 4.26. The molecule has 1 unspecified atom stereocenters. The van der Waals surface area contributed by atoms with Crippen LogP contribution in [-0.4, -0.2) is 25.2 Å². The van der Waals surface area contributed by atoms with Gasteiger partial charge < -0.3 is 10.1 Å². The summed E-state index contributed by atoms with van der Waals surface area (Å²) >= 11 is 1.79. The zero-order valence-corrected chi connectivity index (χ0v) is 13.8. The monoisotopic (exact) mass is 284 g/mol. The molecule has 0 saturated heterocycles. The maximum absolute atomic E-state index is 5.16. The van der Waals surface area contributed by atoms with Gasteiger partial charge in [0.05, 0.1) is 17.8 Å². The van der Waals surface area contributed by atoms with Crippen molar-refractivity contribution in [1.82, 2.24) is 10.3 Å². The van der Waals surface area contributed by atoms with Crippen LogP contribution in [0.1, 0.15) is 63.6 Å². The van der Waals surface area contributed by atoms with Crippen molar-refractivity contribution in [3.05, 3.63) is 16.1 Å². The van der Waals surface area contributed by atoms with E-state index in [0.717, 1.165) is 32.4 Å². The molecule has 0 aliphatic heterocycles. The second-order valence-corrected chi connectivity index (χ2v) is 6.20. The molecule has 1 aromatic heterocycles. The van der Waals surface area contributed by atoms with Crippen LogP contribution in [0.5, 0.6) is 0 Å². The summed E-state index contributed by atoms with van der Waals surface area (Å²) in [5.41, 5.74) is 1.23. The highest BCUT2D eigenvalue weighted by atomic mass is 32.1. The lowest BCUT2D eigenvalue weighted by Gasteiger charge is -2.32. The van der Waals surface area contributed by atoms with Gasteiger partial charge in [-0.05, 0) is 18.8 Å². The minimum atomic E-state index is 0.0189. The number of hydrogen-bond donors (Lipinski definition) is 1. The fraction of sp³-hybridized carbons (Fsp3) is 0.800. The van der Waals surface area contributed by atoms with Gasteiger partial charge in [-0.15, -0.1) is 11.3 Å². The van der Waals surface area contributed by atoms with Crippen LogP contribution in [0.25, 0.3) is 0 Å². The Morgan fingerprint density at radius 1 is 1.42 bits per heavy atom. The van der Waals surface area contributed by atoms with E-state index < -0.39 is 0 Å². The number of nitrogens with zero attached hydrogens (tertiary/aromatic N) is 1. The van der Waals surface area contributed by atoms with Gasteiger partial charge in [-0.2, -0.15) is 0 Å². The Morgan fingerprint density at radius 2 is 2.16 bits per heavy atom. The summed E-state index contributed by atoms with van der Waals surface area (Å²) in [4.78, 5) is 4.87. The Morgan fingerprint density at radius 3 is 2.63 bits per heavy atom. The Labute approximate surface area is 121 Å². The number of hydrogen-bond acceptors (Lipinski definition) is 4. The summed E-state index contributed by atoms with van der Waals surface area (Å²) in [5.74, 6) is 0.500. The SMILES string of the molecule is CCCC(CC)(NCCOC)c1nc(C(C)C)cs1. The van der Waals surface area contributed by atoms with Gasteiger partial charge in [0.25, 0.3) is 0 Å². The highest BCUT2D eigenvalue weighted by Crippen LogP contribution is 2.33. The van der Waals surface area contributed by atoms with E-state index in [4.69, 9.17) is 9.72 Å². The zero-order chi connectivity index (χ0) is 14.3. The quantitative estimate of drug-likeness (QED) is 0.698. The number of rotatable bonds is 9. The number of ether oxygens (including phenoxy) is 1. The van der Waals surface area contributed by atoms with Crippen LogP contribution >= 0.6 is 11.3 Å². The molecule has 0 bridgehead atoms. The molecule has 4 heteroatoms. The molecule has 0 spiro atoms. The molecule has 0 aliphatic rings. The van der Waals surface area contributed by atoms with Crippen LogP contribution < -0.4 is 5.32 Å². The standard InChI is InChI=1S/C15H28N2OS/c1-6-8-15(7-2,16-9-10-18-5)14-17-13(11-19-14)12(3)4/h11-12,16H,6-10H2,1-5H3. The molecule has 1 rings (SSSR count). The van der Waals surface area contributed by atoms with Crippen molar-refractivity contribution in [3.63, 3.8) is 0 Å². The first-order valence-corrected chi connectivity index (χ1v) is 8.17.